The van der Waals surface area contributed by atoms with Crippen molar-refractivity contribution in [3.63, 3.8) is 0 Å². The van der Waals surface area contributed by atoms with Crippen LogP contribution in [0.25, 0.3) is 11.0 Å². The van der Waals surface area contributed by atoms with Crippen molar-refractivity contribution in [2.45, 2.75) is 13.1 Å². The maximum Gasteiger partial charge on any atom is 0.449 e. The van der Waals surface area contributed by atoms with Gasteiger partial charge in [-0.05, 0) is 31.2 Å². The molecule has 2 aromatic rings. The number of hydrogen-bond donors (Lipinski definition) is 0. The summed E-state index contributed by atoms with van der Waals surface area (Å²) in [5.74, 6) is -3.12. The molecule has 0 bridgehead atoms. The molecule has 1 aromatic heterocycles. The molecule has 0 unspecified atom stereocenters. The SMILES string of the molecule is CCOC(=O)C(=O)c1ccc2oc(C(F)(F)F)cc2c1. The summed E-state index contributed by atoms with van der Waals surface area (Å²) in [6.45, 7) is 1.58. The van der Waals surface area contributed by atoms with Crippen LogP contribution in [0.5, 0.6) is 0 Å². The van der Waals surface area contributed by atoms with Crippen molar-refractivity contribution >= 4 is 22.7 Å². The predicted octanol–water partition coefficient (Wildman–Crippen LogP) is 3.20. The molecule has 0 fully saturated rings. The second-order valence-electron chi connectivity index (χ2n) is 3.91. The van der Waals surface area contributed by atoms with Crippen molar-refractivity contribution in [3.05, 3.63) is 35.6 Å². The van der Waals surface area contributed by atoms with Gasteiger partial charge in [0.1, 0.15) is 5.58 Å². The van der Waals surface area contributed by atoms with E-state index >= 15 is 0 Å². The van der Waals surface area contributed by atoms with Crippen LogP contribution in [0.1, 0.15) is 23.0 Å². The highest BCUT2D eigenvalue weighted by atomic mass is 19.4. The second-order valence-corrected chi connectivity index (χ2v) is 3.91. The van der Waals surface area contributed by atoms with Crippen LogP contribution in [0, 0.1) is 0 Å². The summed E-state index contributed by atoms with van der Waals surface area (Å²) in [4.78, 5) is 22.9. The Balaban J connectivity index is 2.39. The zero-order chi connectivity index (χ0) is 14.9. The zero-order valence-corrected chi connectivity index (χ0v) is 10.3. The van der Waals surface area contributed by atoms with Crippen molar-refractivity contribution in [1.82, 2.24) is 0 Å². The number of benzene rings is 1. The smallest absolute Gasteiger partial charge is 0.449 e. The summed E-state index contributed by atoms with van der Waals surface area (Å²) < 4.78 is 46.6. The molecule has 0 radical (unpaired) electrons. The van der Waals surface area contributed by atoms with Crippen molar-refractivity contribution in [3.8, 4) is 0 Å². The summed E-state index contributed by atoms with van der Waals surface area (Å²) in [6.07, 6.45) is -4.61. The minimum Gasteiger partial charge on any atom is -0.460 e. The Kier molecular flexibility index (Phi) is 3.52. The fraction of sp³-hybridized carbons (Fsp3) is 0.231. The molecule has 0 N–H and O–H groups in total. The quantitative estimate of drug-likeness (QED) is 0.494. The molecule has 0 spiro atoms. The van der Waals surface area contributed by atoms with Gasteiger partial charge in [-0.25, -0.2) is 4.79 Å². The normalized spacial score (nSPS) is 11.6. The van der Waals surface area contributed by atoms with E-state index in [4.69, 9.17) is 0 Å². The number of carbonyl (C=O) groups excluding carboxylic acids is 2. The van der Waals surface area contributed by atoms with Gasteiger partial charge >= 0.3 is 12.1 Å². The van der Waals surface area contributed by atoms with Crippen molar-refractivity contribution in [2.75, 3.05) is 6.61 Å². The first kappa shape index (κ1) is 14.1. The predicted molar refractivity (Wildman–Crippen MR) is 62.2 cm³/mol. The van der Waals surface area contributed by atoms with Crippen molar-refractivity contribution in [2.24, 2.45) is 0 Å². The highest BCUT2D eigenvalue weighted by Gasteiger charge is 2.35. The van der Waals surface area contributed by atoms with Gasteiger partial charge < -0.3 is 9.15 Å². The number of esters is 1. The molecular formula is C13H9F3O4. The maximum absolute atomic E-state index is 12.5. The number of carbonyl (C=O) groups is 2. The molecule has 1 aromatic carbocycles. The number of rotatable bonds is 3. The molecule has 7 heteroatoms. The van der Waals surface area contributed by atoms with Crippen LogP contribution in [0.3, 0.4) is 0 Å². The Labute approximate surface area is 111 Å². The highest BCUT2D eigenvalue weighted by molar-refractivity contribution is 6.40. The van der Waals surface area contributed by atoms with Gasteiger partial charge in [0, 0.05) is 10.9 Å². The Morgan fingerprint density at radius 2 is 1.95 bits per heavy atom. The monoisotopic (exact) mass is 286 g/mol. The molecule has 0 amide bonds. The minimum atomic E-state index is -4.61. The van der Waals surface area contributed by atoms with Crippen LogP contribution >= 0.6 is 0 Å². The molecule has 106 valence electrons. The van der Waals surface area contributed by atoms with E-state index in [2.05, 4.69) is 9.15 Å². The lowest BCUT2D eigenvalue weighted by Gasteiger charge is -2.00. The number of ether oxygens (including phenoxy) is 1. The average molecular weight is 286 g/mol. The number of Topliss-reactive ketones (excluding diaryl/α,β-unsaturated/α-hetero) is 1. The largest absolute Gasteiger partial charge is 0.460 e. The van der Waals surface area contributed by atoms with Gasteiger partial charge in [-0.1, -0.05) is 0 Å². The third-order valence-corrected chi connectivity index (χ3v) is 2.52. The summed E-state index contributed by atoms with van der Waals surface area (Å²) in [5, 5.41) is 0.0903. The molecule has 0 saturated heterocycles. The van der Waals surface area contributed by atoms with Crippen LogP contribution in [0.2, 0.25) is 0 Å². The third kappa shape index (κ3) is 2.66. The molecule has 20 heavy (non-hydrogen) atoms. The molecule has 0 aliphatic heterocycles. The van der Waals surface area contributed by atoms with Gasteiger partial charge in [-0.15, -0.1) is 0 Å². The van der Waals surface area contributed by atoms with Crippen LogP contribution in [-0.2, 0) is 15.7 Å². The van der Waals surface area contributed by atoms with Crippen molar-refractivity contribution < 1.29 is 31.9 Å². The Bertz CT molecular complexity index is 670. The summed E-state index contributed by atoms with van der Waals surface area (Å²) in [6, 6.07) is 4.35. The fourth-order valence-corrected chi connectivity index (χ4v) is 1.64. The summed E-state index contributed by atoms with van der Waals surface area (Å²) in [7, 11) is 0. The first-order valence-electron chi connectivity index (χ1n) is 5.65. The van der Waals surface area contributed by atoms with Gasteiger partial charge in [0.05, 0.1) is 6.61 Å². The molecule has 0 atom stereocenters. The van der Waals surface area contributed by atoms with Gasteiger partial charge in [-0.3, -0.25) is 4.79 Å². The van der Waals surface area contributed by atoms with E-state index < -0.39 is 23.7 Å². The lowest BCUT2D eigenvalue weighted by atomic mass is 10.1. The van der Waals surface area contributed by atoms with Crippen molar-refractivity contribution in [1.29, 1.82) is 0 Å². The van der Waals surface area contributed by atoms with Gasteiger partial charge in [0.25, 0.3) is 5.78 Å². The van der Waals surface area contributed by atoms with Gasteiger partial charge in [0.2, 0.25) is 5.76 Å². The topological polar surface area (TPSA) is 56.5 Å². The molecular weight excluding hydrogens is 277 g/mol. The standard InChI is InChI=1S/C13H9F3O4/c1-2-19-12(18)11(17)7-3-4-9-8(5-7)6-10(20-9)13(14,15)16/h3-6H,2H2,1H3. The fourth-order valence-electron chi connectivity index (χ4n) is 1.64. The highest BCUT2D eigenvalue weighted by Crippen LogP contribution is 2.34. The first-order valence-corrected chi connectivity index (χ1v) is 5.65. The van der Waals surface area contributed by atoms with Crippen LogP contribution in [-0.4, -0.2) is 18.4 Å². The molecule has 0 aliphatic rings. The van der Waals surface area contributed by atoms with Crippen LogP contribution < -0.4 is 0 Å². The first-order chi connectivity index (χ1) is 9.32. The Hall–Kier alpha value is -2.31. The van der Waals surface area contributed by atoms with E-state index in [1.807, 2.05) is 0 Å². The van der Waals surface area contributed by atoms with Gasteiger partial charge in [0.15, 0.2) is 0 Å². The molecule has 4 nitrogen and oxygen atoms in total. The molecule has 2 rings (SSSR count). The van der Waals surface area contributed by atoms with Crippen LogP contribution in [0.4, 0.5) is 13.2 Å². The lowest BCUT2D eigenvalue weighted by molar-refractivity contribution is -0.152. The van der Waals surface area contributed by atoms with E-state index in [-0.39, 0.29) is 23.1 Å². The number of alkyl halides is 3. The van der Waals surface area contributed by atoms with Gasteiger partial charge in [-0.2, -0.15) is 13.2 Å². The summed E-state index contributed by atoms with van der Waals surface area (Å²) >= 11 is 0. The number of ketones is 1. The average Bonchev–Trinajstić information content (AvgIpc) is 2.80. The maximum atomic E-state index is 12.5. The number of furan rings is 1. The lowest BCUT2D eigenvalue weighted by Crippen LogP contribution is -2.17. The zero-order valence-electron chi connectivity index (χ0n) is 10.3. The molecule has 1 heterocycles. The van der Waals surface area contributed by atoms with E-state index in [9.17, 15) is 22.8 Å². The van der Waals surface area contributed by atoms with E-state index in [0.717, 1.165) is 12.1 Å². The summed E-state index contributed by atoms with van der Waals surface area (Å²) in [5.41, 5.74) is -0.0665. The van der Waals surface area contributed by atoms with E-state index in [1.54, 1.807) is 6.92 Å². The number of hydrogen-bond acceptors (Lipinski definition) is 4. The molecule has 0 aliphatic carbocycles. The second kappa shape index (κ2) is 4.99. The third-order valence-electron chi connectivity index (χ3n) is 2.52. The number of fused-ring (bicyclic) bond motifs is 1. The van der Waals surface area contributed by atoms with Crippen LogP contribution in [0.15, 0.2) is 28.7 Å². The van der Waals surface area contributed by atoms with E-state index in [0.29, 0.717) is 0 Å². The number of halogens is 3. The van der Waals surface area contributed by atoms with E-state index in [1.165, 1.54) is 12.1 Å². The minimum absolute atomic E-state index is 0.0160. The Morgan fingerprint density at radius 3 is 2.55 bits per heavy atom. The Morgan fingerprint density at radius 1 is 1.25 bits per heavy atom. The molecule has 0 saturated carbocycles.